The number of amides is 1. The van der Waals surface area contributed by atoms with Crippen molar-refractivity contribution in [2.24, 2.45) is 5.92 Å². The number of hydrogen-bond acceptors (Lipinski definition) is 6. The van der Waals surface area contributed by atoms with E-state index in [2.05, 4.69) is 49.1 Å². The fourth-order valence-corrected chi connectivity index (χ4v) is 4.79. The quantitative estimate of drug-likeness (QED) is 0.697. The Morgan fingerprint density at radius 1 is 1.34 bits per heavy atom. The Morgan fingerprint density at radius 2 is 2.00 bits per heavy atom. The van der Waals surface area contributed by atoms with E-state index in [-0.39, 0.29) is 18.1 Å². The van der Waals surface area contributed by atoms with Crippen molar-refractivity contribution in [3.05, 3.63) is 18.5 Å². The molecular weight excluding hydrogens is 384 g/mol. The summed E-state index contributed by atoms with van der Waals surface area (Å²) >= 11 is 0. The van der Waals surface area contributed by atoms with Crippen LogP contribution in [0, 0.1) is 5.92 Å². The number of nitrogens with two attached hydrogens (primary N) is 1. The van der Waals surface area contributed by atoms with E-state index >= 15 is 0 Å². The molecule has 0 spiro atoms. The summed E-state index contributed by atoms with van der Waals surface area (Å²) in [6, 6.07) is 1.72. The summed E-state index contributed by atoms with van der Waals surface area (Å²) in [5, 5.41) is 3.07. The molecule has 0 radical (unpaired) electrons. The van der Waals surface area contributed by atoms with E-state index in [0.29, 0.717) is 17.8 Å². The van der Waals surface area contributed by atoms with Gasteiger partial charge in [-0.15, -0.1) is 0 Å². The molecule has 1 fully saturated rings. The molecule has 1 aromatic heterocycles. The van der Waals surface area contributed by atoms with E-state index in [0.717, 1.165) is 12.2 Å². The fraction of sp³-hybridized carbons (Fsp3) is 0.714. The number of carbonyl (C=O) groups is 1. The van der Waals surface area contributed by atoms with Crippen LogP contribution in [0.3, 0.4) is 0 Å². The highest BCUT2D eigenvalue weighted by Crippen LogP contribution is 2.32. The Balaban J connectivity index is 2.27. The monoisotopic (exact) mass is 422 g/mol. The Labute approximate surface area is 176 Å². The fourth-order valence-electron chi connectivity index (χ4n) is 3.42. The van der Waals surface area contributed by atoms with Gasteiger partial charge >= 0.3 is 6.09 Å². The van der Waals surface area contributed by atoms with Gasteiger partial charge in [0.15, 0.2) is 8.32 Å². The lowest BCUT2D eigenvalue weighted by atomic mass is 9.92. The first-order chi connectivity index (χ1) is 13.3. The third-order valence-electron chi connectivity index (χ3n) is 5.58. The number of ether oxygens (including phenoxy) is 1. The summed E-state index contributed by atoms with van der Waals surface area (Å²) in [5.74, 6) is 0.210. The predicted octanol–water partition coefficient (Wildman–Crippen LogP) is 4.01. The SMILES string of the molecule is CC(C)[Si](C)(C)O[C@@H]1[C@@H](C)CN(c2ccncc2N)C[C@H]1NC(=O)OC(C)(C)C. The first kappa shape index (κ1) is 23.5. The molecule has 1 saturated heterocycles. The van der Waals surface area contributed by atoms with Crippen LogP contribution < -0.4 is 16.0 Å². The van der Waals surface area contributed by atoms with Gasteiger partial charge in [0.1, 0.15) is 5.60 Å². The lowest BCUT2D eigenvalue weighted by molar-refractivity contribution is 0.0344. The second-order valence-electron chi connectivity index (χ2n) is 9.91. The number of nitrogen functional groups attached to an aromatic ring is 1. The molecule has 1 amide bonds. The van der Waals surface area contributed by atoms with E-state index in [1.165, 1.54) is 0 Å². The van der Waals surface area contributed by atoms with Crippen LogP contribution in [0.2, 0.25) is 18.6 Å². The van der Waals surface area contributed by atoms with Gasteiger partial charge in [0.05, 0.1) is 29.7 Å². The van der Waals surface area contributed by atoms with Crippen molar-refractivity contribution >= 4 is 25.8 Å². The molecular formula is C21H38N4O3Si. The molecule has 0 unspecified atom stereocenters. The standard InChI is InChI=1S/C21H38N4O3Si/c1-14(2)29(7,8)28-19-15(3)12-25(18-9-10-23-11-16(18)22)13-17(19)24-20(26)27-21(4,5)6/h9-11,14-15,17,19H,12-13,22H2,1-8H3,(H,24,26)/t15-,17+,19+/m0/s1. The number of hydrogen-bond donors (Lipinski definition) is 2. The van der Waals surface area contributed by atoms with Crippen molar-refractivity contribution in [1.82, 2.24) is 10.3 Å². The lowest BCUT2D eigenvalue weighted by Crippen LogP contribution is -2.62. The minimum absolute atomic E-state index is 0.0779. The molecule has 3 atom stereocenters. The number of anilines is 2. The molecule has 0 saturated carbocycles. The van der Waals surface area contributed by atoms with E-state index in [9.17, 15) is 4.79 Å². The van der Waals surface area contributed by atoms with Crippen molar-refractivity contribution in [2.45, 2.75) is 77.9 Å². The normalized spacial score (nSPS) is 23.2. The average molecular weight is 423 g/mol. The van der Waals surface area contributed by atoms with E-state index in [4.69, 9.17) is 14.9 Å². The smallest absolute Gasteiger partial charge is 0.408 e. The molecule has 0 aliphatic carbocycles. The highest BCUT2D eigenvalue weighted by atomic mass is 28.4. The number of piperidine rings is 1. The number of carbonyl (C=O) groups excluding carboxylic acids is 1. The highest BCUT2D eigenvalue weighted by Gasteiger charge is 2.42. The van der Waals surface area contributed by atoms with Crippen LogP contribution in [0.1, 0.15) is 41.5 Å². The van der Waals surface area contributed by atoms with Crippen molar-refractivity contribution < 1.29 is 14.0 Å². The third-order valence-corrected chi connectivity index (χ3v) is 9.24. The van der Waals surface area contributed by atoms with Gasteiger partial charge in [-0.2, -0.15) is 0 Å². The molecule has 1 aromatic rings. The van der Waals surface area contributed by atoms with Crippen LogP contribution in [0.5, 0.6) is 0 Å². The minimum Gasteiger partial charge on any atom is -0.444 e. The van der Waals surface area contributed by atoms with Crippen molar-refractivity contribution in [3.63, 3.8) is 0 Å². The second-order valence-corrected chi connectivity index (χ2v) is 14.5. The average Bonchev–Trinajstić information content (AvgIpc) is 2.56. The molecule has 29 heavy (non-hydrogen) atoms. The zero-order chi connectivity index (χ0) is 22.0. The van der Waals surface area contributed by atoms with Gasteiger partial charge in [0.25, 0.3) is 0 Å². The number of aromatic nitrogens is 1. The maximum absolute atomic E-state index is 12.6. The van der Waals surface area contributed by atoms with Gasteiger partial charge in [0.2, 0.25) is 0 Å². The number of rotatable bonds is 5. The molecule has 7 nitrogen and oxygen atoms in total. The van der Waals surface area contributed by atoms with Gasteiger partial charge in [-0.3, -0.25) is 4.98 Å². The summed E-state index contributed by atoms with van der Waals surface area (Å²) in [5.41, 5.74) is 7.65. The van der Waals surface area contributed by atoms with Crippen molar-refractivity contribution in [3.8, 4) is 0 Å². The molecule has 2 heterocycles. The van der Waals surface area contributed by atoms with Gasteiger partial charge in [-0.05, 0) is 45.5 Å². The number of nitrogens with one attached hydrogen (secondary N) is 1. The second kappa shape index (κ2) is 8.91. The first-order valence-electron chi connectivity index (χ1n) is 10.4. The van der Waals surface area contributed by atoms with E-state index < -0.39 is 20.0 Å². The topological polar surface area (TPSA) is 89.7 Å². The number of nitrogens with zero attached hydrogens (tertiary/aromatic N) is 2. The van der Waals surface area contributed by atoms with Gasteiger partial charge in [-0.1, -0.05) is 20.8 Å². The zero-order valence-electron chi connectivity index (χ0n) is 19.2. The maximum atomic E-state index is 12.6. The van der Waals surface area contributed by atoms with Gasteiger partial charge in [0, 0.05) is 25.2 Å². The molecule has 0 aromatic carbocycles. The van der Waals surface area contributed by atoms with Crippen LogP contribution in [0.15, 0.2) is 18.5 Å². The zero-order valence-corrected chi connectivity index (χ0v) is 20.2. The predicted molar refractivity (Wildman–Crippen MR) is 121 cm³/mol. The maximum Gasteiger partial charge on any atom is 0.408 e. The molecule has 3 N–H and O–H groups in total. The number of alkyl carbamates (subject to hydrolysis) is 1. The van der Waals surface area contributed by atoms with Crippen LogP contribution in [-0.4, -0.2) is 50.2 Å². The summed E-state index contributed by atoms with van der Waals surface area (Å²) in [6.45, 7) is 18.1. The van der Waals surface area contributed by atoms with E-state index in [1.54, 1.807) is 12.4 Å². The lowest BCUT2D eigenvalue weighted by Gasteiger charge is -2.47. The van der Waals surface area contributed by atoms with Crippen LogP contribution in [0.4, 0.5) is 16.2 Å². The third kappa shape index (κ3) is 6.34. The van der Waals surface area contributed by atoms with Gasteiger partial charge in [-0.25, -0.2) is 4.79 Å². The molecule has 164 valence electrons. The number of pyridine rings is 1. The Hall–Kier alpha value is -1.80. The van der Waals surface area contributed by atoms with Crippen LogP contribution in [-0.2, 0) is 9.16 Å². The molecule has 8 heteroatoms. The van der Waals surface area contributed by atoms with E-state index in [1.807, 2.05) is 26.8 Å². The minimum atomic E-state index is -1.91. The van der Waals surface area contributed by atoms with Crippen molar-refractivity contribution in [2.75, 3.05) is 23.7 Å². The summed E-state index contributed by atoms with van der Waals surface area (Å²) in [4.78, 5) is 18.8. The Morgan fingerprint density at radius 3 is 2.55 bits per heavy atom. The first-order valence-corrected chi connectivity index (χ1v) is 13.4. The largest absolute Gasteiger partial charge is 0.444 e. The van der Waals surface area contributed by atoms with Crippen LogP contribution >= 0.6 is 0 Å². The summed E-state index contributed by atoms with van der Waals surface area (Å²) < 4.78 is 12.2. The molecule has 2 rings (SSSR count). The summed E-state index contributed by atoms with van der Waals surface area (Å²) in [7, 11) is -1.91. The Bertz CT molecular complexity index is 705. The Kier molecular flexibility index (Phi) is 7.22. The van der Waals surface area contributed by atoms with Crippen LogP contribution in [0.25, 0.3) is 0 Å². The summed E-state index contributed by atoms with van der Waals surface area (Å²) in [6.07, 6.45) is 2.90. The molecule has 1 aliphatic rings. The van der Waals surface area contributed by atoms with Crippen molar-refractivity contribution in [1.29, 1.82) is 0 Å². The molecule has 0 bridgehead atoms. The highest BCUT2D eigenvalue weighted by molar-refractivity contribution is 6.72. The molecule has 1 aliphatic heterocycles. The van der Waals surface area contributed by atoms with Gasteiger partial charge < -0.3 is 25.1 Å².